The molecular weight excluding hydrogens is 420 g/mol. The standard InChI is InChI=1S/C25H26N4O2S/c30-25(22-18-32-24(27-22)16-19-4-2-1-3-5-19)26-21-6-7-23-20(17-21)8-9-29(23)11-10-28-12-14-31-15-13-28/h1-9,17-18H,10-16H2,(H,26,30). The summed E-state index contributed by atoms with van der Waals surface area (Å²) in [6.45, 7) is 5.60. The van der Waals surface area contributed by atoms with Crippen molar-refractivity contribution in [3.05, 3.63) is 82.4 Å². The van der Waals surface area contributed by atoms with Crippen LogP contribution in [0.1, 0.15) is 21.1 Å². The Morgan fingerprint density at radius 1 is 1.06 bits per heavy atom. The Kier molecular flexibility index (Phi) is 6.29. The van der Waals surface area contributed by atoms with E-state index in [1.165, 1.54) is 22.4 Å². The van der Waals surface area contributed by atoms with Gasteiger partial charge in [0.05, 0.1) is 18.2 Å². The molecule has 0 spiro atoms. The van der Waals surface area contributed by atoms with Crippen LogP contribution in [0, 0.1) is 0 Å². The molecule has 7 heteroatoms. The predicted molar refractivity (Wildman–Crippen MR) is 129 cm³/mol. The third-order valence-corrected chi connectivity index (χ3v) is 6.62. The van der Waals surface area contributed by atoms with Crippen molar-refractivity contribution in [2.24, 2.45) is 0 Å². The number of anilines is 1. The maximum atomic E-state index is 12.7. The molecule has 2 aromatic carbocycles. The molecule has 5 rings (SSSR count). The molecule has 0 saturated carbocycles. The summed E-state index contributed by atoms with van der Waals surface area (Å²) in [4.78, 5) is 19.7. The lowest BCUT2D eigenvalue weighted by Crippen LogP contribution is -2.38. The van der Waals surface area contributed by atoms with E-state index in [1.54, 1.807) is 0 Å². The zero-order valence-electron chi connectivity index (χ0n) is 17.9. The van der Waals surface area contributed by atoms with Crippen molar-refractivity contribution < 1.29 is 9.53 Å². The van der Waals surface area contributed by atoms with Crippen LogP contribution in [0.15, 0.2) is 66.2 Å². The third kappa shape index (κ3) is 4.91. The smallest absolute Gasteiger partial charge is 0.275 e. The van der Waals surface area contributed by atoms with Gasteiger partial charge < -0.3 is 14.6 Å². The van der Waals surface area contributed by atoms with Crippen LogP contribution in [0.4, 0.5) is 5.69 Å². The van der Waals surface area contributed by atoms with Crippen LogP contribution in [0.5, 0.6) is 0 Å². The van der Waals surface area contributed by atoms with Crippen LogP contribution in [0.3, 0.4) is 0 Å². The van der Waals surface area contributed by atoms with E-state index in [1.807, 2.05) is 35.7 Å². The number of morpholine rings is 1. The fourth-order valence-corrected chi connectivity index (χ4v) is 4.82. The minimum atomic E-state index is -0.174. The number of rotatable bonds is 7. The molecule has 1 fully saturated rings. The first-order chi connectivity index (χ1) is 15.7. The summed E-state index contributed by atoms with van der Waals surface area (Å²) in [6, 6.07) is 18.3. The number of fused-ring (bicyclic) bond motifs is 1. The van der Waals surface area contributed by atoms with E-state index in [4.69, 9.17) is 4.74 Å². The summed E-state index contributed by atoms with van der Waals surface area (Å²) in [5.74, 6) is -0.174. The predicted octanol–water partition coefficient (Wildman–Crippen LogP) is 4.27. The Hall–Kier alpha value is -3.00. The van der Waals surface area contributed by atoms with Crippen molar-refractivity contribution >= 4 is 33.8 Å². The van der Waals surface area contributed by atoms with Gasteiger partial charge in [0.1, 0.15) is 5.69 Å². The largest absolute Gasteiger partial charge is 0.379 e. The molecule has 1 aliphatic rings. The Morgan fingerprint density at radius 3 is 2.75 bits per heavy atom. The number of nitrogens with zero attached hydrogens (tertiary/aromatic N) is 3. The van der Waals surface area contributed by atoms with E-state index in [9.17, 15) is 4.79 Å². The number of aromatic nitrogens is 2. The quantitative estimate of drug-likeness (QED) is 0.461. The summed E-state index contributed by atoms with van der Waals surface area (Å²) in [5, 5.41) is 6.88. The zero-order valence-corrected chi connectivity index (χ0v) is 18.7. The normalized spacial score (nSPS) is 14.6. The van der Waals surface area contributed by atoms with Crippen molar-refractivity contribution in [3.8, 4) is 0 Å². The molecule has 0 radical (unpaired) electrons. The van der Waals surface area contributed by atoms with Gasteiger partial charge in [-0.3, -0.25) is 9.69 Å². The van der Waals surface area contributed by atoms with Crippen LogP contribution in [0.2, 0.25) is 0 Å². The van der Waals surface area contributed by atoms with Gasteiger partial charge in [-0.25, -0.2) is 4.98 Å². The molecule has 6 nitrogen and oxygen atoms in total. The molecule has 164 valence electrons. The maximum Gasteiger partial charge on any atom is 0.275 e. The van der Waals surface area contributed by atoms with E-state index in [0.717, 1.165) is 61.9 Å². The lowest BCUT2D eigenvalue weighted by atomic mass is 10.2. The monoisotopic (exact) mass is 446 g/mol. The maximum absolute atomic E-state index is 12.7. The molecule has 3 heterocycles. The molecule has 0 unspecified atom stereocenters. The highest BCUT2D eigenvalue weighted by atomic mass is 32.1. The van der Waals surface area contributed by atoms with E-state index >= 15 is 0 Å². The molecule has 32 heavy (non-hydrogen) atoms. The van der Waals surface area contributed by atoms with Crippen LogP contribution < -0.4 is 5.32 Å². The number of amides is 1. The van der Waals surface area contributed by atoms with Gasteiger partial charge in [0, 0.05) is 60.8 Å². The first-order valence-electron chi connectivity index (χ1n) is 10.9. The second-order valence-electron chi connectivity index (χ2n) is 7.98. The Balaban J connectivity index is 1.22. The third-order valence-electron chi connectivity index (χ3n) is 5.77. The number of hydrogen-bond donors (Lipinski definition) is 1. The number of carbonyl (C=O) groups excluding carboxylic acids is 1. The van der Waals surface area contributed by atoms with Gasteiger partial charge >= 0.3 is 0 Å². The van der Waals surface area contributed by atoms with Crippen LogP contribution in [0.25, 0.3) is 10.9 Å². The van der Waals surface area contributed by atoms with Gasteiger partial charge in [0.25, 0.3) is 5.91 Å². The highest BCUT2D eigenvalue weighted by molar-refractivity contribution is 7.09. The average molecular weight is 447 g/mol. The average Bonchev–Trinajstić information content (AvgIpc) is 3.46. The number of carbonyl (C=O) groups is 1. The summed E-state index contributed by atoms with van der Waals surface area (Å²) >= 11 is 1.52. The van der Waals surface area contributed by atoms with E-state index < -0.39 is 0 Å². The second kappa shape index (κ2) is 9.65. The summed E-state index contributed by atoms with van der Waals surface area (Å²) in [7, 11) is 0. The Morgan fingerprint density at radius 2 is 1.91 bits per heavy atom. The first-order valence-corrected chi connectivity index (χ1v) is 11.8. The van der Waals surface area contributed by atoms with Crippen LogP contribution in [-0.4, -0.2) is 53.2 Å². The van der Waals surface area contributed by atoms with Crippen LogP contribution >= 0.6 is 11.3 Å². The minimum absolute atomic E-state index is 0.174. The number of hydrogen-bond acceptors (Lipinski definition) is 5. The van der Waals surface area contributed by atoms with Gasteiger partial charge in [-0.05, 0) is 29.8 Å². The lowest BCUT2D eigenvalue weighted by molar-refractivity contribution is 0.0365. The van der Waals surface area contributed by atoms with E-state index in [-0.39, 0.29) is 5.91 Å². The number of benzene rings is 2. The van der Waals surface area contributed by atoms with Gasteiger partial charge in [-0.15, -0.1) is 11.3 Å². The number of ether oxygens (including phenoxy) is 1. The fraction of sp³-hybridized carbons (Fsp3) is 0.280. The van der Waals surface area contributed by atoms with E-state index in [0.29, 0.717) is 5.69 Å². The van der Waals surface area contributed by atoms with Gasteiger partial charge in [0.15, 0.2) is 0 Å². The molecule has 1 N–H and O–H groups in total. The van der Waals surface area contributed by atoms with Gasteiger partial charge in [-0.1, -0.05) is 30.3 Å². The Labute approximate surface area is 191 Å². The minimum Gasteiger partial charge on any atom is -0.379 e. The molecule has 1 aliphatic heterocycles. The first kappa shape index (κ1) is 20.9. The summed E-state index contributed by atoms with van der Waals surface area (Å²) in [5.41, 5.74) is 3.61. The molecule has 0 bridgehead atoms. The topological polar surface area (TPSA) is 59.4 Å². The van der Waals surface area contributed by atoms with Crippen molar-refractivity contribution in [1.29, 1.82) is 0 Å². The van der Waals surface area contributed by atoms with E-state index in [2.05, 4.69) is 50.2 Å². The number of thiazole rings is 1. The second-order valence-corrected chi connectivity index (χ2v) is 8.92. The van der Waals surface area contributed by atoms with Crippen molar-refractivity contribution in [1.82, 2.24) is 14.5 Å². The lowest BCUT2D eigenvalue weighted by Gasteiger charge is -2.26. The van der Waals surface area contributed by atoms with Crippen LogP contribution in [-0.2, 0) is 17.7 Å². The summed E-state index contributed by atoms with van der Waals surface area (Å²) < 4.78 is 7.70. The van der Waals surface area contributed by atoms with Gasteiger partial charge in [-0.2, -0.15) is 0 Å². The molecule has 0 aliphatic carbocycles. The SMILES string of the molecule is O=C(Nc1ccc2c(ccn2CCN2CCOCC2)c1)c1csc(Cc2ccccc2)n1. The van der Waals surface area contributed by atoms with Crippen molar-refractivity contribution in [2.45, 2.75) is 13.0 Å². The molecule has 0 atom stereocenters. The molecule has 2 aromatic heterocycles. The molecule has 1 amide bonds. The number of nitrogens with one attached hydrogen (secondary N) is 1. The Bertz CT molecular complexity index is 1200. The van der Waals surface area contributed by atoms with Crippen molar-refractivity contribution in [3.63, 3.8) is 0 Å². The zero-order chi connectivity index (χ0) is 21.8. The molecule has 4 aromatic rings. The molecule has 1 saturated heterocycles. The van der Waals surface area contributed by atoms with Crippen molar-refractivity contribution in [2.75, 3.05) is 38.2 Å². The highest BCUT2D eigenvalue weighted by Gasteiger charge is 2.13. The molecular formula is C25H26N4O2S. The highest BCUT2D eigenvalue weighted by Crippen LogP contribution is 2.22. The fourth-order valence-electron chi connectivity index (χ4n) is 4.01. The van der Waals surface area contributed by atoms with Gasteiger partial charge in [0.2, 0.25) is 0 Å². The summed E-state index contributed by atoms with van der Waals surface area (Å²) in [6.07, 6.45) is 2.86.